The molecule has 2 heterocycles. The molecule has 0 aliphatic carbocycles. The molecule has 1 saturated heterocycles. The predicted octanol–water partition coefficient (Wildman–Crippen LogP) is 4.05. The van der Waals surface area contributed by atoms with Gasteiger partial charge in [0.05, 0.1) is 16.2 Å². The van der Waals surface area contributed by atoms with Crippen molar-refractivity contribution in [1.82, 2.24) is 4.90 Å². The molecular formula is C21H18N2O5S. The highest BCUT2D eigenvalue weighted by molar-refractivity contribution is 8.18. The second kappa shape index (κ2) is 7.63. The van der Waals surface area contributed by atoms with Gasteiger partial charge in [-0.3, -0.25) is 9.69 Å². The number of aliphatic imine (C=N–C) groups is 1. The second-order valence-corrected chi connectivity index (χ2v) is 7.48. The molecule has 0 saturated carbocycles. The average Bonchev–Trinajstić information content (AvgIpc) is 3.26. The second-order valence-electron chi connectivity index (χ2n) is 6.47. The Bertz CT molecular complexity index is 1080. The lowest BCUT2D eigenvalue weighted by Gasteiger charge is -2.12. The summed E-state index contributed by atoms with van der Waals surface area (Å²) < 4.78 is 10.8. The van der Waals surface area contributed by atoms with Gasteiger partial charge in [0.15, 0.2) is 16.7 Å². The Kier molecular flexibility index (Phi) is 5.02. The smallest absolute Gasteiger partial charge is 0.335 e. The van der Waals surface area contributed by atoms with Gasteiger partial charge in [-0.2, -0.15) is 0 Å². The molecule has 1 N–H and O–H groups in total. The normalized spacial score (nSPS) is 18.1. The van der Waals surface area contributed by atoms with E-state index in [-0.39, 0.29) is 18.3 Å². The maximum Gasteiger partial charge on any atom is 0.335 e. The van der Waals surface area contributed by atoms with Gasteiger partial charge in [-0.15, -0.1) is 0 Å². The molecule has 1 amide bonds. The van der Waals surface area contributed by atoms with Gasteiger partial charge < -0.3 is 14.6 Å². The Hall–Kier alpha value is -3.26. The highest BCUT2D eigenvalue weighted by Gasteiger charge is 2.32. The molecule has 0 spiro atoms. The van der Waals surface area contributed by atoms with Crippen LogP contribution in [0.1, 0.15) is 28.4 Å². The molecule has 29 heavy (non-hydrogen) atoms. The first-order valence-electron chi connectivity index (χ1n) is 9.00. The molecule has 0 unspecified atom stereocenters. The standard InChI is InChI=1S/C21H18N2O5S/c1-3-23-19(24)18(10-14-9-17-16(7-12(14)2)27-11-28-17)29-21(23)22-15-6-4-5-13(8-15)20(25)26/h4-10H,3,11H2,1-2H3,(H,25,26)/b18-10+,22-21?. The first-order valence-corrected chi connectivity index (χ1v) is 9.81. The summed E-state index contributed by atoms with van der Waals surface area (Å²) in [5, 5.41) is 9.68. The first kappa shape index (κ1) is 19.1. The lowest BCUT2D eigenvalue weighted by molar-refractivity contribution is -0.122. The van der Waals surface area contributed by atoms with E-state index in [2.05, 4.69) is 4.99 Å². The van der Waals surface area contributed by atoms with E-state index in [0.29, 0.717) is 33.8 Å². The van der Waals surface area contributed by atoms with Gasteiger partial charge in [-0.25, -0.2) is 9.79 Å². The van der Waals surface area contributed by atoms with Crippen LogP contribution in [0.15, 0.2) is 46.3 Å². The minimum atomic E-state index is -1.02. The predicted molar refractivity (Wildman–Crippen MR) is 111 cm³/mol. The summed E-state index contributed by atoms with van der Waals surface area (Å²) in [6.07, 6.45) is 1.82. The van der Waals surface area contributed by atoms with Crippen molar-refractivity contribution in [3.05, 3.63) is 58.0 Å². The van der Waals surface area contributed by atoms with E-state index in [1.807, 2.05) is 32.1 Å². The fraction of sp³-hybridized carbons (Fsp3) is 0.190. The zero-order valence-electron chi connectivity index (χ0n) is 15.8. The summed E-state index contributed by atoms with van der Waals surface area (Å²) in [5.41, 5.74) is 2.48. The molecule has 2 aliphatic heterocycles. The summed E-state index contributed by atoms with van der Waals surface area (Å²) in [4.78, 5) is 30.7. The number of carbonyl (C=O) groups is 2. The molecule has 2 aromatic carbocycles. The van der Waals surface area contributed by atoms with Crippen LogP contribution in [0.25, 0.3) is 6.08 Å². The van der Waals surface area contributed by atoms with Crippen LogP contribution >= 0.6 is 11.8 Å². The van der Waals surface area contributed by atoms with Crippen molar-refractivity contribution in [3.63, 3.8) is 0 Å². The van der Waals surface area contributed by atoms with Gasteiger partial charge in [0.25, 0.3) is 5.91 Å². The number of likely N-dealkylation sites (N-methyl/N-ethyl adjacent to an activating group) is 1. The van der Waals surface area contributed by atoms with Gasteiger partial charge in [-0.1, -0.05) is 6.07 Å². The van der Waals surface area contributed by atoms with Crippen molar-refractivity contribution in [1.29, 1.82) is 0 Å². The van der Waals surface area contributed by atoms with Gasteiger partial charge in [0, 0.05) is 6.54 Å². The minimum absolute atomic E-state index is 0.136. The van der Waals surface area contributed by atoms with Crippen molar-refractivity contribution in [3.8, 4) is 11.5 Å². The van der Waals surface area contributed by atoms with Crippen molar-refractivity contribution >= 4 is 40.6 Å². The van der Waals surface area contributed by atoms with Gasteiger partial charge in [-0.05, 0) is 73.1 Å². The van der Waals surface area contributed by atoms with Crippen LogP contribution in [0.5, 0.6) is 11.5 Å². The summed E-state index contributed by atoms with van der Waals surface area (Å²) in [6.45, 7) is 4.47. The molecule has 2 aromatic rings. The molecular weight excluding hydrogens is 392 g/mol. The molecule has 0 bridgehead atoms. The summed E-state index contributed by atoms with van der Waals surface area (Å²) in [7, 11) is 0. The van der Waals surface area contributed by atoms with E-state index in [0.717, 1.165) is 11.1 Å². The Morgan fingerprint density at radius 2 is 2.03 bits per heavy atom. The Morgan fingerprint density at radius 3 is 2.76 bits per heavy atom. The lowest BCUT2D eigenvalue weighted by atomic mass is 10.1. The van der Waals surface area contributed by atoms with Crippen molar-refractivity contribution in [2.24, 2.45) is 4.99 Å². The lowest BCUT2D eigenvalue weighted by Crippen LogP contribution is -2.28. The van der Waals surface area contributed by atoms with Crippen LogP contribution in [0.2, 0.25) is 0 Å². The molecule has 0 atom stereocenters. The van der Waals surface area contributed by atoms with E-state index in [1.165, 1.54) is 23.9 Å². The number of ether oxygens (including phenoxy) is 2. The van der Waals surface area contributed by atoms with E-state index in [9.17, 15) is 9.59 Å². The number of thioether (sulfide) groups is 1. The fourth-order valence-corrected chi connectivity index (χ4v) is 4.10. The zero-order chi connectivity index (χ0) is 20.5. The summed E-state index contributed by atoms with van der Waals surface area (Å²) in [6, 6.07) is 10.1. The topological polar surface area (TPSA) is 88.4 Å². The van der Waals surface area contributed by atoms with E-state index in [4.69, 9.17) is 14.6 Å². The Balaban J connectivity index is 1.68. The number of rotatable bonds is 4. The number of amidine groups is 1. The maximum absolute atomic E-state index is 12.9. The number of benzene rings is 2. The third-order valence-corrected chi connectivity index (χ3v) is 5.58. The monoisotopic (exact) mass is 410 g/mol. The fourth-order valence-electron chi connectivity index (χ4n) is 3.05. The number of carboxylic acids is 1. The van der Waals surface area contributed by atoms with Crippen molar-refractivity contribution in [2.75, 3.05) is 13.3 Å². The van der Waals surface area contributed by atoms with Crippen LogP contribution in [0, 0.1) is 6.92 Å². The molecule has 2 aliphatic rings. The SMILES string of the molecule is CCN1C(=O)/C(=C\c2cc3c(cc2C)OCO3)SC1=Nc1cccc(C(=O)O)c1. The van der Waals surface area contributed by atoms with Crippen LogP contribution < -0.4 is 9.47 Å². The molecule has 0 aromatic heterocycles. The first-order chi connectivity index (χ1) is 14.0. The summed E-state index contributed by atoms with van der Waals surface area (Å²) in [5.74, 6) is 0.201. The Labute approximate surface area is 171 Å². The molecule has 7 nitrogen and oxygen atoms in total. The Morgan fingerprint density at radius 1 is 1.28 bits per heavy atom. The number of aryl methyl sites for hydroxylation is 1. The van der Waals surface area contributed by atoms with Gasteiger partial charge in [0.1, 0.15) is 0 Å². The molecule has 148 valence electrons. The number of fused-ring (bicyclic) bond motifs is 1. The molecule has 4 rings (SSSR count). The van der Waals surface area contributed by atoms with Gasteiger partial charge in [0.2, 0.25) is 6.79 Å². The van der Waals surface area contributed by atoms with E-state index in [1.54, 1.807) is 17.0 Å². The van der Waals surface area contributed by atoms with E-state index >= 15 is 0 Å². The van der Waals surface area contributed by atoms with Gasteiger partial charge >= 0.3 is 5.97 Å². The van der Waals surface area contributed by atoms with Crippen molar-refractivity contribution < 1.29 is 24.2 Å². The van der Waals surface area contributed by atoms with Crippen LogP contribution in [0.3, 0.4) is 0 Å². The minimum Gasteiger partial charge on any atom is -0.478 e. The number of carbonyl (C=O) groups excluding carboxylic acids is 1. The maximum atomic E-state index is 12.9. The van der Waals surface area contributed by atoms with Crippen LogP contribution in [0.4, 0.5) is 5.69 Å². The van der Waals surface area contributed by atoms with Crippen LogP contribution in [-0.4, -0.2) is 40.4 Å². The third-order valence-electron chi connectivity index (χ3n) is 4.57. The highest BCUT2D eigenvalue weighted by atomic mass is 32.2. The zero-order valence-corrected chi connectivity index (χ0v) is 16.7. The number of aromatic carboxylic acids is 1. The number of hydrogen-bond donors (Lipinski definition) is 1. The molecule has 8 heteroatoms. The number of carboxylic acid groups (broad SMARTS) is 1. The molecule has 1 fully saturated rings. The van der Waals surface area contributed by atoms with E-state index < -0.39 is 5.97 Å². The highest BCUT2D eigenvalue weighted by Crippen LogP contribution is 2.38. The van der Waals surface area contributed by atoms with Crippen molar-refractivity contribution in [2.45, 2.75) is 13.8 Å². The number of hydrogen-bond acceptors (Lipinski definition) is 6. The number of amides is 1. The third kappa shape index (κ3) is 3.71. The quantitative estimate of drug-likeness (QED) is 0.765. The largest absolute Gasteiger partial charge is 0.478 e. The summed E-state index contributed by atoms with van der Waals surface area (Å²) >= 11 is 1.27. The number of nitrogens with zero attached hydrogens (tertiary/aromatic N) is 2. The molecule has 0 radical (unpaired) electrons. The van der Waals surface area contributed by atoms with Crippen LogP contribution in [-0.2, 0) is 4.79 Å². The average molecular weight is 410 g/mol.